The van der Waals surface area contributed by atoms with Gasteiger partial charge in [0, 0.05) is 25.3 Å². The summed E-state index contributed by atoms with van der Waals surface area (Å²) < 4.78 is 0. The van der Waals surface area contributed by atoms with Gasteiger partial charge in [-0.15, -0.1) is 0 Å². The Morgan fingerprint density at radius 1 is 1.50 bits per heavy atom. The third kappa shape index (κ3) is 2.80. The average molecular weight is 219 g/mol. The lowest BCUT2D eigenvalue weighted by Gasteiger charge is -2.26. The lowest BCUT2D eigenvalue weighted by atomic mass is 10.2. The molecule has 1 saturated heterocycles. The summed E-state index contributed by atoms with van der Waals surface area (Å²) in [6.07, 6.45) is 3.22. The van der Waals surface area contributed by atoms with Gasteiger partial charge in [-0.3, -0.25) is 9.88 Å². The van der Waals surface area contributed by atoms with E-state index in [1.807, 2.05) is 6.20 Å². The lowest BCUT2D eigenvalue weighted by molar-refractivity contribution is 0.208. The molecule has 2 rings (SSSR count). The molecule has 1 aromatic rings. The minimum atomic E-state index is 0.688. The van der Waals surface area contributed by atoms with Gasteiger partial charge >= 0.3 is 0 Å². The molecule has 0 amide bonds. The number of nitrogens with zero attached hydrogens (tertiary/aromatic N) is 2. The molecule has 1 N–H and O–H groups in total. The van der Waals surface area contributed by atoms with E-state index in [4.69, 9.17) is 0 Å². The van der Waals surface area contributed by atoms with Gasteiger partial charge in [-0.05, 0) is 38.1 Å². The summed E-state index contributed by atoms with van der Waals surface area (Å²) in [4.78, 5) is 6.99. The maximum Gasteiger partial charge on any atom is 0.0544 e. The van der Waals surface area contributed by atoms with E-state index in [0.717, 1.165) is 26.2 Å². The van der Waals surface area contributed by atoms with Gasteiger partial charge in [0.25, 0.3) is 0 Å². The molecule has 1 fully saturated rings. The molecule has 0 saturated carbocycles. The Labute approximate surface area is 97.9 Å². The van der Waals surface area contributed by atoms with E-state index in [-0.39, 0.29) is 0 Å². The molecule has 0 radical (unpaired) electrons. The van der Waals surface area contributed by atoms with E-state index in [1.54, 1.807) is 0 Å². The zero-order valence-corrected chi connectivity index (χ0v) is 10.2. The molecule has 1 unspecified atom stereocenters. The number of aryl methyl sites for hydroxylation is 1. The zero-order chi connectivity index (χ0) is 11.4. The second-order valence-electron chi connectivity index (χ2n) is 4.54. The fourth-order valence-corrected chi connectivity index (χ4v) is 2.25. The monoisotopic (exact) mass is 219 g/mol. The van der Waals surface area contributed by atoms with Crippen LogP contribution in [0.5, 0.6) is 0 Å². The van der Waals surface area contributed by atoms with Crippen molar-refractivity contribution < 1.29 is 0 Å². The van der Waals surface area contributed by atoms with E-state index < -0.39 is 0 Å². The van der Waals surface area contributed by atoms with Gasteiger partial charge in [0.1, 0.15) is 0 Å². The number of pyridine rings is 1. The molecule has 2 heterocycles. The summed E-state index contributed by atoms with van der Waals surface area (Å²) in [7, 11) is 0. The summed E-state index contributed by atoms with van der Waals surface area (Å²) in [5.74, 6) is 0. The first-order valence-corrected chi connectivity index (χ1v) is 6.16. The molecule has 3 nitrogen and oxygen atoms in total. The van der Waals surface area contributed by atoms with Gasteiger partial charge in [-0.2, -0.15) is 0 Å². The molecule has 0 aromatic carbocycles. The third-order valence-electron chi connectivity index (χ3n) is 3.29. The molecular formula is C13H21N3. The van der Waals surface area contributed by atoms with Gasteiger partial charge < -0.3 is 5.32 Å². The van der Waals surface area contributed by atoms with Crippen LogP contribution < -0.4 is 5.32 Å². The SMILES string of the molecule is CCN(Cc1ccc(C)cn1)C1CCNC1. The Kier molecular flexibility index (Phi) is 3.91. The molecular weight excluding hydrogens is 198 g/mol. The van der Waals surface area contributed by atoms with Crippen LogP contribution in [0.1, 0.15) is 24.6 Å². The largest absolute Gasteiger partial charge is 0.315 e. The van der Waals surface area contributed by atoms with Crippen molar-refractivity contribution in [2.75, 3.05) is 19.6 Å². The Morgan fingerprint density at radius 3 is 2.94 bits per heavy atom. The summed E-state index contributed by atoms with van der Waals surface area (Å²) >= 11 is 0. The van der Waals surface area contributed by atoms with Crippen molar-refractivity contribution in [2.45, 2.75) is 32.9 Å². The topological polar surface area (TPSA) is 28.2 Å². The van der Waals surface area contributed by atoms with Gasteiger partial charge in [0.2, 0.25) is 0 Å². The smallest absolute Gasteiger partial charge is 0.0544 e. The fourth-order valence-electron chi connectivity index (χ4n) is 2.25. The second-order valence-corrected chi connectivity index (χ2v) is 4.54. The van der Waals surface area contributed by atoms with Crippen LogP contribution in [0.3, 0.4) is 0 Å². The Bertz CT molecular complexity index is 314. The van der Waals surface area contributed by atoms with Gasteiger partial charge in [0.05, 0.1) is 5.69 Å². The van der Waals surface area contributed by atoms with Crippen molar-refractivity contribution in [1.82, 2.24) is 15.2 Å². The van der Waals surface area contributed by atoms with Crippen molar-refractivity contribution in [3.8, 4) is 0 Å². The first-order chi connectivity index (χ1) is 7.79. The van der Waals surface area contributed by atoms with Gasteiger partial charge in [0.15, 0.2) is 0 Å². The molecule has 0 bridgehead atoms. The molecule has 16 heavy (non-hydrogen) atoms. The van der Waals surface area contributed by atoms with E-state index in [0.29, 0.717) is 6.04 Å². The Morgan fingerprint density at radius 2 is 2.38 bits per heavy atom. The Balaban J connectivity index is 1.97. The van der Waals surface area contributed by atoms with E-state index in [1.165, 1.54) is 17.7 Å². The van der Waals surface area contributed by atoms with Crippen LogP contribution in [0.4, 0.5) is 0 Å². The first-order valence-electron chi connectivity index (χ1n) is 6.16. The van der Waals surface area contributed by atoms with E-state index >= 15 is 0 Å². The number of likely N-dealkylation sites (N-methyl/N-ethyl adjacent to an activating group) is 1. The second kappa shape index (κ2) is 5.41. The number of aromatic nitrogens is 1. The van der Waals surface area contributed by atoms with Crippen LogP contribution in [-0.4, -0.2) is 35.6 Å². The number of hydrogen-bond acceptors (Lipinski definition) is 3. The van der Waals surface area contributed by atoms with Crippen LogP contribution in [0.2, 0.25) is 0 Å². The zero-order valence-electron chi connectivity index (χ0n) is 10.2. The Hall–Kier alpha value is -0.930. The molecule has 0 aliphatic carbocycles. The molecule has 1 aromatic heterocycles. The predicted molar refractivity (Wildman–Crippen MR) is 66.3 cm³/mol. The van der Waals surface area contributed by atoms with Crippen LogP contribution >= 0.6 is 0 Å². The quantitative estimate of drug-likeness (QED) is 0.833. The van der Waals surface area contributed by atoms with Gasteiger partial charge in [-0.1, -0.05) is 13.0 Å². The van der Waals surface area contributed by atoms with Crippen molar-refractivity contribution in [3.63, 3.8) is 0 Å². The predicted octanol–water partition coefficient (Wildman–Crippen LogP) is 1.57. The highest BCUT2D eigenvalue weighted by molar-refractivity contribution is 5.12. The average Bonchev–Trinajstić information content (AvgIpc) is 2.82. The van der Waals surface area contributed by atoms with Crippen molar-refractivity contribution in [2.24, 2.45) is 0 Å². The fraction of sp³-hybridized carbons (Fsp3) is 0.615. The highest BCUT2D eigenvalue weighted by atomic mass is 15.2. The summed E-state index contributed by atoms with van der Waals surface area (Å²) in [5.41, 5.74) is 2.41. The minimum absolute atomic E-state index is 0.688. The standard InChI is InChI=1S/C13H21N3/c1-3-16(13-6-7-14-9-13)10-12-5-4-11(2)8-15-12/h4-5,8,13-14H,3,6-7,9-10H2,1-2H3. The maximum atomic E-state index is 4.48. The van der Waals surface area contributed by atoms with Crippen LogP contribution in [-0.2, 0) is 6.54 Å². The molecule has 0 spiro atoms. The lowest BCUT2D eigenvalue weighted by Crippen LogP contribution is -2.36. The highest BCUT2D eigenvalue weighted by Crippen LogP contribution is 2.12. The van der Waals surface area contributed by atoms with Crippen molar-refractivity contribution in [1.29, 1.82) is 0 Å². The van der Waals surface area contributed by atoms with Crippen LogP contribution in [0.25, 0.3) is 0 Å². The number of rotatable bonds is 4. The van der Waals surface area contributed by atoms with Crippen molar-refractivity contribution in [3.05, 3.63) is 29.6 Å². The van der Waals surface area contributed by atoms with Crippen LogP contribution in [0.15, 0.2) is 18.3 Å². The van der Waals surface area contributed by atoms with E-state index in [2.05, 4.69) is 41.2 Å². The van der Waals surface area contributed by atoms with E-state index in [9.17, 15) is 0 Å². The van der Waals surface area contributed by atoms with Crippen molar-refractivity contribution >= 4 is 0 Å². The summed E-state index contributed by atoms with van der Waals surface area (Å²) in [6, 6.07) is 4.97. The molecule has 88 valence electrons. The first kappa shape index (κ1) is 11.6. The number of nitrogens with one attached hydrogen (secondary N) is 1. The van der Waals surface area contributed by atoms with Crippen LogP contribution in [0, 0.1) is 6.92 Å². The molecule has 1 aliphatic rings. The molecule has 1 aliphatic heterocycles. The van der Waals surface area contributed by atoms with Gasteiger partial charge in [-0.25, -0.2) is 0 Å². The molecule has 1 atom stereocenters. The third-order valence-corrected chi connectivity index (χ3v) is 3.29. The highest BCUT2D eigenvalue weighted by Gasteiger charge is 2.21. The minimum Gasteiger partial charge on any atom is -0.315 e. The normalized spacial score (nSPS) is 20.6. The summed E-state index contributed by atoms with van der Waals surface area (Å²) in [6.45, 7) is 8.66. The maximum absolute atomic E-state index is 4.48. The summed E-state index contributed by atoms with van der Waals surface area (Å²) in [5, 5.41) is 3.42. The number of hydrogen-bond donors (Lipinski definition) is 1. The molecule has 3 heteroatoms.